The molecule has 1 unspecified atom stereocenters. The van der Waals surface area contributed by atoms with Crippen LogP contribution < -0.4 is 5.32 Å². The Hall–Kier alpha value is -1.39. The van der Waals surface area contributed by atoms with E-state index >= 15 is 0 Å². The largest absolute Gasteiger partial charge is 0.453 e. The fourth-order valence-corrected chi connectivity index (χ4v) is 1.66. The molecular weight excluding hydrogens is 214 g/mol. The first kappa shape index (κ1) is 10.1. The Bertz CT molecular complexity index is 429. The predicted octanol–water partition coefficient (Wildman–Crippen LogP) is 2.03. The first-order chi connectivity index (χ1) is 7.33. The molecule has 0 aliphatic rings. The van der Waals surface area contributed by atoms with E-state index in [2.05, 4.69) is 15.3 Å². The number of rotatable bonds is 3. The van der Waals surface area contributed by atoms with Crippen LogP contribution in [0, 0.1) is 0 Å². The lowest BCUT2D eigenvalue weighted by Gasteiger charge is -2.13. The fraction of sp³-hybridized carbons (Fsp3) is 0.200. The Labute approximate surface area is 92.3 Å². The van der Waals surface area contributed by atoms with Crippen molar-refractivity contribution >= 4 is 11.6 Å². The van der Waals surface area contributed by atoms with Gasteiger partial charge in [-0.3, -0.25) is 9.97 Å². The van der Waals surface area contributed by atoms with E-state index in [4.69, 9.17) is 16.0 Å². The summed E-state index contributed by atoms with van der Waals surface area (Å²) < 4.78 is 5.05. The van der Waals surface area contributed by atoms with E-state index in [0.29, 0.717) is 5.22 Å². The number of hydrogen-bond donors (Lipinski definition) is 1. The summed E-state index contributed by atoms with van der Waals surface area (Å²) in [6, 6.07) is 1.72. The summed E-state index contributed by atoms with van der Waals surface area (Å²) >= 11 is 5.91. The second-order valence-corrected chi connectivity index (χ2v) is 3.34. The third-order valence-corrected chi connectivity index (χ3v) is 2.43. The van der Waals surface area contributed by atoms with Crippen LogP contribution in [0.4, 0.5) is 0 Å². The molecular formula is C10H10ClN3O. The van der Waals surface area contributed by atoms with Crippen LogP contribution in [-0.2, 0) is 0 Å². The van der Waals surface area contributed by atoms with Gasteiger partial charge >= 0.3 is 0 Å². The molecule has 5 heteroatoms. The summed E-state index contributed by atoms with van der Waals surface area (Å²) in [6.45, 7) is 0. The highest BCUT2D eigenvalue weighted by atomic mass is 35.5. The van der Waals surface area contributed by atoms with Crippen LogP contribution in [-0.4, -0.2) is 17.0 Å². The van der Waals surface area contributed by atoms with Gasteiger partial charge in [-0.1, -0.05) is 0 Å². The summed E-state index contributed by atoms with van der Waals surface area (Å²) in [4.78, 5) is 8.24. The van der Waals surface area contributed by atoms with Crippen molar-refractivity contribution in [2.75, 3.05) is 7.05 Å². The summed E-state index contributed by atoms with van der Waals surface area (Å²) in [7, 11) is 1.84. The van der Waals surface area contributed by atoms with Crippen molar-refractivity contribution in [3.05, 3.63) is 47.4 Å². The molecule has 4 nitrogen and oxygen atoms in total. The SMILES string of the molecule is CNC(c1cnccn1)c1ccoc1Cl. The highest BCUT2D eigenvalue weighted by molar-refractivity contribution is 6.29. The van der Waals surface area contributed by atoms with Crippen LogP contribution in [0.3, 0.4) is 0 Å². The smallest absolute Gasteiger partial charge is 0.198 e. The van der Waals surface area contributed by atoms with Crippen LogP contribution in [0.5, 0.6) is 0 Å². The zero-order chi connectivity index (χ0) is 10.7. The molecule has 78 valence electrons. The van der Waals surface area contributed by atoms with Crippen molar-refractivity contribution < 1.29 is 4.42 Å². The summed E-state index contributed by atoms with van der Waals surface area (Å²) in [5, 5.41) is 3.49. The standard InChI is InChI=1S/C10H10ClN3O/c1-12-9(7-2-5-15-10(7)11)8-6-13-3-4-14-8/h2-6,9,12H,1H3. The van der Waals surface area contributed by atoms with Gasteiger partial charge < -0.3 is 9.73 Å². The minimum absolute atomic E-state index is 0.0926. The van der Waals surface area contributed by atoms with E-state index in [-0.39, 0.29) is 6.04 Å². The Morgan fingerprint density at radius 3 is 2.87 bits per heavy atom. The quantitative estimate of drug-likeness (QED) is 0.865. The zero-order valence-electron chi connectivity index (χ0n) is 8.14. The molecule has 1 N–H and O–H groups in total. The minimum Gasteiger partial charge on any atom is -0.453 e. The van der Waals surface area contributed by atoms with Crippen LogP contribution >= 0.6 is 11.6 Å². The molecule has 0 radical (unpaired) electrons. The van der Waals surface area contributed by atoms with Crippen LogP contribution in [0.2, 0.25) is 5.22 Å². The Kier molecular flexibility index (Phi) is 2.99. The van der Waals surface area contributed by atoms with Crippen LogP contribution in [0.15, 0.2) is 35.3 Å². The van der Waals surface area contributed by atoms with Gasteiger partial charge in [-0.25, -0.2) is 0 Å². The average Bonchev–Trinajstić information content (AvgIpc) is 2.68. The number of furan rings is 1. The number of aromatic nitrogens is 2. The lowest BCUT2D eigenvalue weighted by Crippen LogP contribution is -2.18. The molecule has 0 saturated carbocycles. The second-order valence-electron chi connectivity index (χ2n) is 3.00. The maximum absolute atomic E-state index is 5.91. The molecule has 2 aromatic rings. The molecule has 0 aliphatic carbocycles. The Morgan fingerprint density at radius 2 is 2.33 bits per heavy atom. The number of hydrogen-bond acceptors (Lipinski definition) is 4. The van der Waals surface area contributed by atoms with E-state index in [1.165, 1.54) is 0 Å². The molecule has 0 spiro atoms. The van der Waals surface area contributed by atoms with Gasteiger partial charge in [0.25, 0.3) is 0 Å². The van der Waals surface area contributed by atoms with Gasteiger partial charge in [0, 0.05) is 18.0 Å². The first-order valence-corrected chi connectivity index (χ1v) is 4.87. The highest BCUT2D eigenvalue weighted by Gasteiger charge is 2.18. The second kappa shape index (κ2) is 4.42. The zero-order valence-corrected chi connectivity index (χ0v) is 8.90. The summed E-state index contributed by atoms with van der Waals surface area (Å²) in [5.74, 6) is 0. The van der Waals surface area contributed by atoms with Gasteiger partial charge in [-0.05, 0) is 24.7 Å². The van der Waals surface area contributed by atoms with Gasteiger partial charge in [0.15, 0.2) is 5.22 Å². The van der Waals surface area contributed by atoms with E-state index in [9.17, 15) is 0 Å². The van der Waals surface area contributed by atoms with Crippen LogP contribution in [0.25, 0.3) is 0 Å². The predicted molar refractivity (Wildman–Crippen MR) is 56.7 cm³/mol. The third-order valence-electron chi connectivity index (χ3n) is 2.12. The van der Waals surface area contributed by atoms with E-state index in [1.54, 1.807) is 24.9 Å². The molecule has 0 aliphatic heterocycles. The lowest BCUT2D eigenvalue weighted by atomic mass is 10.1. The molecule has 0 amide bonds. The maximum Gasteiger partial charge on any atom is 0.198 e. The molecule has 0 bridgehead atoms. The molecule has 15 heavy (non-hydrogen) atoms. The topological polar surface area (TPSA) is 51.0 Å². The lowest BCUT2D eigenvalue weighted by molar-refractivity contribution is 0.558. The van der Waals surface area contributed by atoms with E-state index in [0.717, 1.165) is 11.3 Å². The fourth-order valence-electron chi connectivity index (χ4n) is 1.43. The number of nitrogens with one attached hydrogen (secondary N) is 1. The first-order valence-electron chi connectivity index (χ1n) is 4.49. The average molecular weight is 224 g/mol. The molecule has 0 saturated heterocycles. The van der Waals surface area contributed by atoms with Crippen molar-refractivity contribution in [1.82, 2.24) is 15.3 Å². The van der Waals surface area contributed by atoms with E-state index < -0.39 is 0 Å². The molecule has 1 atom stereocenters. The third kappa shape index (κ3) is 2.00. The normalized spacial score (nSPS) is 12.7. The molecule has 2 aromatic heterocycles. The minimum atomic E-state index is -0.0926. The van der Waals surface area contributed by atoms with E-state index in [1.807, 2.05) is 13.1 Å². The summed E-state index contributed by atoms with van der Waals surface area (Å²) in [5.41, 5.74) is 1.67. The van der Waals surface area contributed by atoms with Crippen molar-refractivity contribution in [2.24, 2.45) is 0 Å². The van der Waals surface area contributed by atoms with Crippen LogP contribution in [0.1, 0.15) is 17.3 Å². The summed E-state index contributed by atoms with van der Waals surface area (Å²) in [6.07, 6.45) is 6.53. The number of nitrogens with zero attached hydrogens (tertiary/aromatic N) is 2. The monoisotopic (exact) mass is 223 g/mol. The van der Waals surface area contributed by atoms with Gasteiger partial charge in [-0.2, -0.15) is 0 Å². The number of halogens is 1. The molecule has 0 fully saturated rings. The van der Waals surface area contributed by atoms with Gasteiger partial charge in [0.05, 0.1) is 24.2 Å². The van der Waals surface area contributed by atoms with Gasteiger partial charge in [0.2, 0.25) is 0 Å². The maximum atomic E-state index is 5.91. The van der Waals surface area contributed by atoms with Crippen molar-refractivity contribution in [3.8, 4) is 0 Å². The Morgan fingerprint density at radius 1 is 1.47 bits per heavy atom. The molecule has 2 rings (SSSR count). The van der Waals surface area contributed by atoms with Crippen molar-refractivity contribution in [2.45, 2.75) is 6.04 Å². The van der Waals surface area contributed by atoms with Crippen molar-refractivity contribution in [3.63, 3.8) is 0 Å². The van der Waals surface area contributed by atoms with Gasteiger partial charge in [0.1, 0.15) is 0 Å². The Balaban J connectivity index is 2.37. The van der Waals surface area contributed by atoms with Gasteiger partial charge in [-0.15, -0.1) is 0 Å². The molecule has 2 heterocycles. The molecule has 0 aromatic carbocycles. The highest BCUT2D eigenvalue weighted by Crippen LogP contribution is 2.27. The van der Waals surface area contributed by atoms with Crippen molar-refractivity contribution in [1.29, 1.82) is 0 Å².